The van der Waals surface area contributed by atoms with Crippen LogP contribution in [0.2, 0.25) is 0 Å². The minimum Gasteiger partial charge on any atom is -0.494 e. The average Bonchev–Trinajstić information content (AvgIpc) is 2.27. The van der Waals surface area contributed by atoms with Crippen molar-refractivity contribution in [3.05, 3.63) is 29.8 Å². The first-order chi connectivity index (χ1) is 8.04. The van der Waals surface area contributed by atoms with Gasteiger partial charge in [0.05, 0.1) is 12.5 Å². The third-order valence-corrected chi connectivity index (χ3v) is 2.30. The van der Waals surface area contributed by atoms with Crippen LogP contribution in [0.4, 0.5) is 0 Å². The Labute approximate surface area is 99.2 Å². The van der Waals surface area contributed by atoms with Crippen LogP contribution in [-0.4, -0.2) is 23.6 Å². The molecular formula is C12H15NO4. The van der Waals surface area contributed by atoms with Crippen molar-refractivity contribution >= 4 is 11.9 Å². The fourth-order valence-corrected chi connectivity index (χ4v) is 1.51. The highest BCUT2D eigenvalue weighted by Gasteiger charge is 2.21. The monoisotopic (exact) mass is 237 g/mol. The number of carboxylic acid groups (broad SMARTS) is 1. The lowest BCUT2D eigenvalue weighted by Gasteiger charge is -2.11. The van der Waals surface area contributed by atoms with Crippen molar-refractivity contribution in [1.29, 1.82) is 0 Å². The molecule has 3 N–H and O–H groups in total. The summed E-state index contributed by atoms with van der Waals surface area (Å²) in [6, 6.07) is 6.62. The van der Waals surface area contributed by atoms with Gasteiger partial charge in [-0.2, -0.15) is 0 Å². The number of amides is 1. The van der Waals surface area contributed by atoms with Crippen LogP contribution >= 0.6 is 0 Å². The molecule has 0 radical (unpaired) electrons. The number of hydrogen-bond donors (Lipinski definition) is 2. The van der Waals surface area contributed by atoms with E-state index in [2.05, 4.69) is 0 Å². The predicted molar refractivity (Wildman–Crippen MR) is 61.8 cm³/mol. The second-order valence-electron chi connectivity index (χ2n) is 3.56. The third kappa shape index (κ3) is 3.79. The molecule has 0 saturated heterocycles. The topological polar surface area (TPSA) is 89.6 Å². The number of carbonyl (C=O) groups is 2. The van der Waals surface area contributed by atoms with E-state index < -0.39 is 17.8 Å². The molecule has 0 spiro atoms. The van der Waals surface area contributed by atoms with Gasteiger partial charge >= 0.3 is 5.97 Å². The average molecular weight is 237 g/mol. The third-order valence-electron chi connectivity index (χ3n) is 2.30. The summed E-state index contributed by atoms with van der Waals surface area (Å²) >= 11 is 0. The first-order valence-electron chi connectivity index (χ1n) is 5.28. The first-order valence-corrected chi connectivity index (χ1v) is 5.28. The SMILES string of the molecule is CCOc1ccc(C(CC(N)=O)C(=O)O)cc1. The highest BCUT2D eigenvalue weighted by Crippen LogP contribution is 2.22. The van der Waals surface area contributed by atoms with Gasteiger partial charge in [-0.15, -0.1) is 0 Å². The molecule has 0 heterocycles. The molecule has 1 unspecified atom stereocenters. The van der Waals surface area contributed by atoms with Crippen LogP contribution in [0.1, 0.15) is 24.8 Å². The van der Waals surface area contributed by atoms with Crippen molar-refractivity contribution in [2.75, 3.05) is 6.61 Å². The Morgan fingerprint density at radius 3 is 2.35 bits per heavy atom. The summed E-state index contributed by atoms with van der Waals surface area (Å²) in [5, 5.41) is 9.01. The summed E-state index contributed by atoms with van der Waals surface area (Å²) in [4.78, 5) is 21.8. The van der Waals surface area contributed by atoms with E-state index in [-0.39, 0.29) is 6.42 Å². The number of aliphatic carboxylic acids is 1. The fourth-order valence-electron chi connectivity index (χ4n) is 1.51. The van der Waals surface area contributed by atoms with Crippen molar-refractivity contribution in [3.63, 3.8) is 0 Å². The number of rotatable bonds is 6. The van der Waals surface area contributed by atoms with E-state index in [1.807, 2.05) is 6.92 Å². The Kier molecular flexibility index (Phi) is 4.51. The number of nitrogens with two attached hydrogens (primary N) is 1. The van der Waals surface area contributed by atoms with Gasteiger partial charge in [-0.3, -0.25) is 9.59 Å². The molecule has 0 bridgehead atoms. The van der Waals surface area contributed by atoms with Crippen molar-refractivity contribution in [3.8, 4) is 5.75 Å². The van der Waals surface area contributed by atoms with Gasteiger partial charge in [0.25, 0.3) is 0 Å². The fraction of sp³-hybridized carbons (Fsp3) is 0.333. The molecule has 0 saturated carbocycles. The quantitative estimate of drug-likeness (QED) is 0.776. The molecular weight excluding hydrogens is 222 g/mol. The molecule has 1 rings (SSSR count). The molecule has 5 nitrogen and oxygen atoms in total. The molecule has 1 amide bonds. The van der Waals surface area contributed by atoms with Crippen molar-refractivity contribution in [1.82, 2.24) is 0 Å². The Bertz CT molecular complexity index is 399. The summed E-state index contributed by atoms with van der Waals surface area (Å²) in [6.45, 7) is 2.41. The van der Waals surface area contributed by atoms with E-state index in [4.69, 9.17) is 15.6 Å². The van der Waals surface area contributed by atoms with Crippen LogP contribution in [0.3, 0.4) is 0 Å². The second kappa shape index (κ2) is 5.89. The number of primary amides is 1. The van der Waals surface area contributed by atoms with E-state index >= 15 is 0 Å². The molecule has 0 aliphatic carbocycles. The molecule has 92 valence electrons. The summed E-state index contributed by atoms with van der Waals surface area (Å²) in [5.41, 5.74) is 5.56. The van der Waals surface area contributed by atoms with Crippen molar-refractivity contribution < 1.29 is 19.4 Å². The van der Waals surface area contributed by atoms with Gasteiger partial charge < -0.3 is 15.6 Å². The van der Waals surface area contributed by atoms with Crippen LogP contribution in [-0.2, 0) is 9.59 Å². The molecule has 1 aromatic rings. The molecule has 5 heteroatoms. The second-order valence-corrected chi connectivity index (χ2v) is 3.56. The Morgan fingerprint density at radius 2 is 1.94 bits per heavy atom. The van der Waals surface area contributed by atoms with Crippen molar-refractivity contribution in [2.45, 2.75) is 19.3 Å². The smallest absolute Gasteiger partial charge is 0.311 e. The van der Waals surface area contributed by atoms with Crippen LogP contribution in [0, 0.1) is 0 Å². The van der Waals surface area contributed by atoms with Crippen LogP contribution < -0.4 is 10.5 Å². The zero-order chi connectivity index (χ0) is 12.8. The maximum Gasteiger partial charge on any atom is 0.311 e. The van der Waals surface area contributed by atoms with Gasteiger partial charge in [-0.1, -0.05) is 12.1 Å². The van der Waals surface area contributed by atoms with Crippen LogP contribution in [0.25, 0.3) is 0 Å². The summed E-state index contributed by atoms with van der Waals surface area (Å²) in [5.74, 6) is -1.93. The Morgan fingerprint density at radius 1 is 1.35 bits per heavy atom. The maximum atomic E-state index is 11.0. The van der Waals surface area contributed by atoms with Crippen LogP contribution in [0.15, 0.2) is 24.3 Å². The zero-order valence-corrected chi connectivity index (χ0v) is 9.55. The first kappa shape index (κ1) is 13.0. The Hall–Kier alpha value is -2.04. The lowest BCUT2D eigenvalue weighted by atomic mass is 9.95. The van der Waals surface area contributed by atoms with Crippen LogP contribution in [0.5, 0.6) is 5.75 Å². The van der Waals surface area contributed by atoms with Gasteiger partial charge in [0, 0.05) is 6.42 Å². The van der Waals surface area contributed by atoms with E-state index in [0.29, 0.717) is 17.9 Å². The lowest BCUT2D eigenvalue weighted by Crippen LogP contribution is -2.20. The van der Waals surface area contributed by atoms with Crippen molar-refractivity contribution in [2.24, 2.45) is 5.73 Å². The number of carbonyl (C=O) groups excluding carboxylic acids is 1. The normalized spacial score (nSPS) is 11.8. The highest BCUT2D eigenvalue weighted by molar-refractivity contribution is 5.84. The minimum absolute atomic E-state index is 0.205. The van der Waals surface area contributed by atoms with Gasteiger partial charge in [0.2, 0.25) is 5.91 Å². The minimum atomic E-state index is -1.06. The lowest BCUT2D eigenvalue weighted by molar-refractivity contribution is -0.140. The molecule has 17 heavy (non-hydrogen) atoms. The van der Waals surface area contributed by atoms with E-state index in [0.717, 1.165) is 0 Å². The Balaban J connectivity index is 2.87. The molecule has 1 aromatic carbocycles. The van der Waals surface area contributed by atoms with Gasteiger partial charge in [-0.05, 0) is 24.6 Å². The van der Waals surface area contributed by atoms with E-state index in [1.165, 1.54) is 0 Å². The van der Waals surface area contributed by atoms with Gasteiger partial charge in [-0.25, -0.2) is 0 Å². The number of carboxylic acids is 1. The molecule has 1 atom stereocenters. The molecule has 0 aliphatic heterocycles. The summed E-state index contributed by atoms with van der Waals surface area (Å²) < 4.78 is 5.24. The molecule has 0 aromatic heterocycles. The highest BCUT2D eigenvalue weighted by atomic mass is 16.5. The number of hydrogen-bond acceptors (Lipinski definition) is 3. The number of benzene rings is 1. The zero-order valence-electron chi connectivity index (χ0n) is 9.55. The largest absolute Gasteiger partial charge is 0.494 e. The van der Waals surface area contributed by atoms with Gasteiger partial charge in [0.1, 0.15) is 5.75 Å². The van der Waals surface area contributed by atoms with E-state index in [9.17, 15) is 9.59 Å². The standard InChI is InChI=1S/C12H15NO4/c1-2-17-9-5-3-8(4-6-9)10(12(15)16)7-11(13)14/h3-6,10H,2,7H2,1H3,(H2,13,14)(H,15,16). The maximum absolute atomic E-state index is 11.0. The van der Waals surface area contributed by atoms with Gasteiger partial charge in [0.15, 0.2) is 0 Å². The predicted octanol–water partition coefficient (Wildman–Crippen LogP) is 1.13. The van der Waals surface area contributed by atoms with E-state index in [1.54, 1.807) is 24.3 Å². The summed E-state index contributed by atoms with van der Waals surface area (Å²) in [7, 11) is 0. The number of ether oxygens (including phenoxy) is 1. The summed E-state index contributed by atoms with van der Waals surface area (Å²) in [6.07, 6.45) is -0.205. The molecule has 0 aliphatic rings. The molecule has 0 fully saturated rings.